The maximum absolute atomic E-state index is 13.3. The minimum absolute atomic E-state index is 0.0438. The number of methoxy groups -OCH3 is 1. The van der Waals surface area contributed by atoms with Crippen LogP contribution in [-0.4, -0.2) is 21.4 Å². The van der Waals surface area contributed by atoms with Crippen molar-refractivity contribution >= 4 is 33.2 Å². The lowest BCUT2D eigenvalue weighted by molar-refractivity contribution is -0.119. The Labute approximate surface area is 166 Å². The van der Waals surface area contributed by atoms with Gasteiger partial charge in [-0.05, 0) is 42.7 Å². The maximum Gasteiger partial charge on any atom is 0.270 e. The number of hydrogen-bond acceptors (Lipinski definition) is 4. The van der Waals surface area contributed by atoms with E-state index in [4.69, 9.17) is 16.3 Å². The van der Waals surface area contributed by atoms with Crippen LogP contribution in [-0.2, 0) is 14.8 Å². The van der Waals surface area contributed by atoms with Crippen LogP contribution in [0, 0.1) is 12.3 Å². The first-order valence-corrected chi connectivity index (χ1v) is 10.3. The van der Waals surface area contributed by atoms with Gasteiger partial charge in [0.1, 0.15) is 5.75 Å². The predicted octanol–water partition coefficient (Wildman–Crippen LogP) is 4.82. The first-order chi connectivity index (χ1) is 12.5. The Morgan fingerprint density at radius 2 is 1.70 bits per heavy atom. The van der Waals surface area contributed by atoms with E-state index in [1.165, 1.54) is 31.4 Å². The lowest BCUT2D eigenvalue weighted by Gasteiger charge is -2.26. The Morgan fingerprint density at radius 1 is 1.11 bits per heavy atom. The molecule has 0 fully saturated rings. The lowest BCUT2D eigenvalue weighted by Crippen LogP contribution is -2.38. The topological polar surface area (TPSA) is 63.7 Å². The highest BCUT2D eigenvalue weighted by Gasteiger charge is 2.33. The molecular formula is C20H24ClNO4S. The largest absolute Gasteiger partial charge is 0.495 e. The molecule has 0 saturated heterocycles. The summed E-state index contributed by atoms with van der Waals surface area (Å²) in [6.45, 7) is 7.50. The van der Waals surface area contributed by atoms with E-state index in [1.807, 2.05) is 27.7 Å². The van der Waals surface area contributed by atoms with Crippen LogP contribution in [0.15, 0.2) is 47.4 Å². The van der Waals surface area contributed by atoms with Crippen LogP contribution in [0.2, 0.25) is 5.02 Å². The number of hydrogen-bond donors (Lipinski definition) is 0. The normalized spacial score (nSPS) is 11.9. The van der Waals surface area contributed by atoms with E-state index in [-0.39, 0.29) is 27.4 Å². The number of aryl methyl sites for hydroxylation is 1. The third-order valence-electron chi connectivity index (χ3n) is 3.84. The van der Waals surface area contributed by atoms with Gasteiger partial charge in [-0.2, -0.15) is 0 Å². The zero-order valence-electron chi connectivity index (χ0n) is 16.1. The highest BCUT2D eigenvalue weighted by molar-refractivity contribution is 7.93. The average molecular weight is 410 g/mol. The summed E-state index contributed by atoms with van der Waals surface area (Å²) in [5.74, 6) is -0.124. The van der Waals surface area contributed by atoms with E-state index in [0.717, 1.165) is 9.87 Å². The Bertz CT molecular complexity index is 931. The Balaban J connectivity index is 2.60. The molecule has 1 amide bonds. The fourth-order valence-electron chi connectivity index (χ4n) is 2.54. The molecule has 0 aliphatic carbocycles. The number of ether oxygens (including phenoxy) is 1. The van der Waals surface area contributed by atoms with E-state index in [0.29, 0.717) is 5.75 Å². The number of carbonyl (C=O) groups is 1. The molecule has 7 heteroatoms. The molecule has 0 saturated carbocycles. The molecule has 0 spiro atoms. The summed E-state index contributed by atoms with van der Waals surface area (Å²) >= 11 is 6.17. The maximum atomic E-state index is 13.3. The number of rotatable bonds is 5. The van der Waals surface area contributed by atoms with E-state index in [2.05, 4.69) is 0 Å². The molecular weight excluding hydrogens is 386 g/mol. The number of carbonyl (C=O) groups excluding carboxylic acids is 1. The van der Waals surface area contributed by atoms with Crippen LogP contribution in [0.3, 0.4) is 0 Å². The van der Waals surface area contributed by atoms with Crippen molar-refractivity contribution < 1.29 is 17.9 Å². The van der Waals surface area contributed by atoms with E-state index in [9.17, 15) is 13.2 Å². The van der Waals surface area contributed by atoms with E-state index < -0.39 is 15.9 Å². The third kappa shape index (κ3) is 5.02. The molecule has 2 rings (SSSR count). The fourth-order valence-corrected chi connectivity index (χ4v) is 4.21. The number of amides is 1. The van der Waals surface area contributed by atoms with Crippen LogP contribution in [0.4, 0.5) is 5.69 Å². The molecule has 2 aromatic carbocycles. The van der Waals surface area contributed by atoms with Crippen molar-refractivity contribution in [1.29, 1.82) is 0 Å². The molecule has 27 heavy (non-hydrogen) atoms. The predicted molar refractivity (Wildman–Crippen MR) is 108 cm³/mol. The fraction of sp³-hybridized carbons (Fsp3) is 0.350. The van der Waals surface area contributed by atoms with Crippen LogP contribution in [0.25, 0.3) is 0 Å². The molecule has 0 bridgehead atoms. The summed E-state index contributed by atoms with van der Waals surface area (Å²) in [6, 6.07) is 10.9. The zero-order chi connectivity index (χ0) is 20.4. The molecule has 0 N–H and O–H groups in total. The van der Waals surface area contributed by atoms with Crippen LogP contribution >= 0.6 is 11.6 Å². The molecule has 0 atom stereocenters. The molecule has 5 nitrogen and oxygen atoms in total. The van der Waals surface area contributed by atoms with Gasteiger partial charge in [0, 0.05) is 6.42 Å². The van der Waals surface area contributed by atoms with Gasteiger partial charge in [-0.3, -0.25) is 4.79 Å². The summed E-state index contributed by atoms with van der Waals surface area (Å²) < 4.78 is 32.5. The molecule has 0 aromatic heterocycles. The van der Waals surface area contributed by atoms with Gasteiger partial charge in [-0.15, -0.1) is 0 Å². The minimum Gasteiger partial charge on any atom is -0.495 e. The molecule has 0 aliphatic heterocycles. The van der Waals surface area contributed by atoms with Crippen molar-refractivity contribution in [1.82, 2.24) is 0 Å². The van der Waals surface area contributed by atoms with Gasteiger partial charge in [0.05, 0.1) is 22.7 Å². The van der Waals surface area contributed by atoms with Crippen molar-refractivity contribution in [3.63, 3.8) is 0 Å². The van der Waals surface area contributed by atoms with E-state index in [1.54, 1.807) is 18.2 Å². The first kappa shape index (κ1) is 21.3. The summed E-state index contributed by atoms with van der Waals surface area (Å²) in [7, 11) is -2.63. The third-order valence-corrected chi connectivity index (χ3v) is 5.90. The van der Waals surface area contributed by atoms with E-state index >= 15 is 0 Å². The van der Waals surface area contributed by atoms with Crippen molar-refractivity contribution in [2.45, 2.75) is 39.0 Å². The van der Waals surface area contributed by atoms with Crippen molar-refractivity contribution in [3.05, 3.63) is 53.1 Å². The number of anilines is 1. The molecule has 0 aliphatic rings. The smallest absolute Gasteiger partial charge is 0.270 e. The summed E-state index contributed by atoms with van der Waals surface area (Å²) in [5, 5.41) is 0.225. The number of sulfonamides is 1. The monoisotopic (exact) mass is 409 g/mol. The first-order valence-electron chi connectivity index (χ1n) is 8.44. The van der Waals surface area contributed by atoms with Crippen LogP contribution in [0.5, 0.6) is 5.75 Å². The van der Waals surface area contributed by atoms with Gasteiger partial charge in [-0.25, -0.2) is 12.7 Å². The van der Waals surface area contributed by atoms with Crippen molar-refractivity contribution in [2.24, 2.45) is 5.41 Å². The number of benzene rings is 2. The molecule has 0 radical (unpaired) electrons. The molecule has 0 heterocycles. The number of nitrogens with zero attached hydrogens (tertiary/aromatic N) is 1. The van der Waals surface area contributed by atoms with Gasteiger partial charge in [0.2, 0.25) is 5.91 Å². The summed E-state index contributed by atoms with van der Waals surface area (Å²) in [6.07, 6.45) is 0.0573. The van der Waals surface area contributed by atoms with Crippen LogP contribution in [0.1, 0.15) is 32.8 Å². The molecule has 2 aromatic rings. The second-order valence-electron chi connectivity index (χ2n) is 7.53. The Kier molecular flexibility index (Phi) is 6.22. The summed E-state index contributed by atoms with van der Waals surface area (Å²) in [5.41, 5.74) is 0.721. The van der Waals surface area contributed by atoms with Crippen LogP contribution < -0.4 is 9.04 Å². The molecule has 146 valence electrons. The average Bonchev–Trinajstić information content (AvgIpc) is 2.53. The highest BCUT2D eigenvalue weighted by Crippen LogP contribution is 2.33. The SMILES string of the molecule is COc1ccc(N(C(=O)CC(C)(C)C)S(=O)(=O)c2ccc(C)cc2)cc1Cl. The van der Waals surface area contributed by atoms with Gasteiger partial charge < -0.3 is 4.74 Å². The second-order valence-corrected chi connectivity index (χ2v) is 9.73. The van der Waals surface area contributed by atoms with Gasteiger partial charge in [0.15, 0.2) is 0 Å². The van der Waals surface area contributed by atoms with Gasteiger partial charge in [-0.1, -0.05) is 50.1 Å². The van der Waals surface area contributed by atoms with Crippen molar-refractivity contribution in [3.8, 4) is 5.75 Å². The minimum atomic E-state index is -4.09. The van der Waals surface area contributed by atoms with Gasteiger partial charge in [0.25, 0.3) is 10.0 Å². The Hall–Kier alpha value is -2.05. The second kappa shape index (κ2) is 7.90. The number of halogens is 1. The standard InChI is InChI=1S/C20H24ClNO4S/c1-14-6-9-16(10-7-14)27(24,25)22(19(23)13-20(2,3)4)15-8-11-18(26-5)17(21)12-15/h6-12H,13H2,1-5H3. The lowest BCUT2D eigenvalue weighted by atomic mass is 9.92. The zero-order valence-corrected chi connectivity index (χ0v) is 17.7. The quantitative estimate of drug-likeness (QED) is 0.710. The van der Waals surface area contributed by atoms with Gasteiger partial charge >= 0.3 is 0 Å². The summed E-state index contributed by atoms with van der Waals surface area (Å²) in [4.78, 5) is 13.0. The van der Waals surface area contributed by atoms with Crippen molar-refractivity contribution in [2.75, 3.05) is 11.4 Å². The highest BCUT2D eigenvalue weighted by atomic mass is 35.5. The molecule has 0 unspecified atom stereocenters. The Morgan fingerprint density at radius 3 is 2.19 bits per heavy atom.